The number of hydrogen-bond acceptors (Lipinski definition) is 4. The SMILES string of the molecule is Cc1cccc(NC(=O)C(C)Sc2ccc(NC(=O)c3cccc4cccc(C(=O)O)c34)cc2)c1C. The summed E-state index contributed by atoms with van der Waals surface area (Å²) in [5.41, 5.74) is 3.92. The van der Waals surface area contributed by atoms with E-state index in [1.165, 1.54) is 17.8 Å². The Morgan fingerprint density at radius 2 is 1.44 bits per heavy atom. The van der Waals surface area contributed by atoms with Crippen LogP contribution < -0.4 is 10.6 Å². The molecule has 0 saturated heterocycles. The van der Waals surface area contributed by atoms with Gasteiger partial charge >= 0.3 is 5.97 Å². The Kier molecular flexibility index (Phi) is 7.41. The van der Waals surface area contributed by atoms with E-state index < -0.39 is 11.9 Å². The zero-order chi connectivity index (χ0) is 25.8. The molecule has 1 unspecified atom stereocenters. The molecule has 4 aromatic rings. The van der Waals surface area contributed by atoms with E-state index in [1.807, 2.05) is 51.1 Å². The van der Waals surface area contributed by atoms with Gasteiger partial charge in [-0.15, -0.1) is 11.8 Å². The van der Waals surface area contributed by atoms with Gasteiger partial charge in [-0.2, -0.15) is 0 Å². The lowest BCUT2D eigenvalue weighted by atomic mass is 9.98. The lowest BCUT2D eigenvalue weighted by molar-refractivity contribution is -0.115. The molecule has 0 bridgehead atoms. The van der Waals surface area contributed by atoms with Crippen molar-refractivity contribution in [2.75, 3.05) is 10.6 Å². The summed E-state index contributed by atoms with van der Waals surface area (Å²) in [6.07, 6.45) is 0. The number of nitrogens with one attached hydrogen (secondary N) is 2. The van der Waals surface area contributed by atoms with E-state index in [0.717, 1.165) is 21.7 Å². The fourth-order valence-corrected chi connectivity index (χ4v) is 4.77. The molecule has 0 aliphatic carbocycles. The summed E-state index contributed by atoms with van der Waals surface area (Å²) in [6, 6.07) is 23.1. The molecule has 0 aliphatic heterocycles. The number of carbonyl (C=O) groups is 3. The highest BCUT2D eigenvalue weighted by molar-refractivity contribution is 8.00. The van der Waals surface area contributed by atoms with Crippen molar-refractivity contribution in [3.05, 3.63) is 101 Å². The van der Waals surface area contributed by atoms with Crippen LogP contribution in [0.4, 0.5) is 11.4 Å². The van der Waals surface area contributed by atoms with Crippen LogP contribution in [-0.2, 0) is 4.79 Å². The van der Waals surface area contributed by atoms with Gasteiger partial charge in [0.15, 0.2) is 0 Å². The summed E-state index contributed by atoms with van der Waals surface area (Å²) in [7, 11) is 0. The van der Waals surface area contributed by atoms with E-state index in [-0.39, 0.29) is 16.7 Å². The summed E-state index contributed by atoms with van der Waals surface area (Å²) < 4.78 is 0. The third-order valence-electron chi connectivity index (χ3n) is 6.04. The zero-order valence-corrected chi connectivity index (χ0v) is 21.0. The molecule has 36 heavy (non-hydrogen) atoms. The van der Waals surface area contributed by atoms with Gasteiger partial charge in [-0.1, -0.05) is 36.4 Å². The fourth-order valence-electron chi connectivity index (χ4n) is 3.90. The number of aryl methyl sites for hydroxylation is 1. The first-order valence-corrected chi connectivity index (χ1v) is 12.3. The molecule has 0 heterocycles. The average molecular weight is 499 g/mol. The summed E-state index contributed by atoms with van der Waals surface area (Å²) >= 11 is 1.42. The molecule has 182 valence electrons. The first kappa shape index (κ1) is 25.0. The maximum Gasteiger partial charge on any atom is 0.336 e. The molecule has 0 aromatic heterocycles. The number of thioether (sulfide) groups is 1. The zero-order valence-electron chi connectivity index (χ0n) is 20.2. The molecular weight excluding hydrogens is 472 g/mol. The molecule has 4 rings (SSSR count). The average Bonchev–Trinajstić information content (AvgIpc) is 2.87. The third-order valence-corrected chi connectivity index (χ3v) is 7.15. The molecule has 4 aromatic carbocycles. The number of rotatable bonds is 7. The summed E-state index contributed by atoms with van der Waals surface area (Å²) in [5, 5.41) is 16.2. The quantitative estimate of drug-likeness (QED) is 0.252. The maximum atomic E-state index is 13.0. The Balaban J connectivity index is 1.44. The lowest BCUT2D eigenvalue weighted by Crippen LogP contribution is -2.22. The molecule has 0 aliphatic rings. The van der Waals surface area contributed by atoms with Crippen molar-refractivity contribution in [2.45, 2.75) is 30.9 Å². The molecule has 3 N–H and O–H groups in total. The Labute approximate surface area is 213 Å². The Hall–Kier alpha value is -4.10. The molecule has 1 atom stereocenters. The smallest absolute Gasteiger partial charge is 0.336 e. The Morgan fingerprint density at radius 1 is 0.806 bits per heavy atom. The molecule has 2 amide bonds. The van der Waals surface area contributed by atoms with Crippen molar-refractivity contribution < 1.29 is 19.5 Å². The van der Waals surface area contributed by atoms with Crippen molar-refractivity contribution in [3.8, 4) is 0 Å². The highest BCUT2D eigenvalue weighted by atomic mass is 32.2. The normalized spacial score (nSPS) is 11.6. The number of carboxylic acid groups (broad SMARTS) is 1. The van der Waals surface area contributed by atoms with Crippen LogP contribution in [0.25, 0.3) is 10.8 Å². The molecule has 0 spiro atoms. The first-order chi connectivity index (χ1) is 17.2. The van der Waals surface area contributed by atoms with Crippen molar-refractivity contribution >= 4 is 51.7 Å². The number of benzene rings is 4. The van der Waals surface area contributed by atoms with E-state index in [0.29, 0.717) is 22.0 Å². The first-order valence-electron chi connectivity index (χ1n) is 11.4. The monoisotopic (exact) mass is 498 g/mol. The largest absolute Gasteiger partial charge is 0.478 e. The number of amides is 2. The lowest BCUT2D eigenvalue weighted by Gasteiger charge is -2.15. The highest BCUT2D eigenvalue weighted by Gasteiger charge is 2.18. The van der Waals surface area contributed by atoms with Crippen LogP contribution in [0, 0.1) is 13.8 Å². The number of hydrogen-bond donors (Lipinski definition) is 3. The van der Waals surface area contributed by atoms with Crippen LogP contribution in [0.3, 0.4) is 0 Å². The van der Waals surface area contributed by atoms with E-state index >= 15 is 0 Å². The number of fused-ring (bicyclic) bond motifs is 1. The van der Waals surface area contributed by atoms with Gasteiger partial charge in [0, 0.05) is 27.2 Å². The van der Waals surface area contributed by atoms with Crippen LogP contribution in [0.2, 0.25) is 0 Å². The van der Waals surface area contributed by atoms with Gasteiger partial charge < -0.3 is 15.7 Å². The second-order valence-electron chi connectivity index (χ2n) is 8.49. The van der Waals surface area contributed by atoms with E-state index in [1.54, 1.807) is 42.5 Å². The van der Waals surface area contributed by atoms with Crippen molar-refractivity contribution in [1.82, 2.24) is 0 Å². The van der Waals surface area contributed by atoms with Crippen LogP contribution in [0.15, 0.2) is 83.8 Å². The van der Waals surface area contributed by atoms with Crippen molar-refractivity contribution in [1.29, 1.82) is 0 Å². The second kappa shape index (κ2) is 10.7. The third kappa shape index (κ3) is 5.42. The molecule has 6 nitrogen and oxygen atoms in total. The topological polar surface area (TPSA) is 95.5 Å². The minimum atomic E-state index is -1.09. The van der Waals surface area contributed by atoms with Crippen LogP contribution >= 0.6 is 11.8 Å². The molecule has 0 radical (unpaired) electrons. The van der Waals surface area contributed by atoms with Crippen LogP contribution in [0.1, 0.15) is 38.8 Å². The minimum Gasteiger partial charge on any atom is -0.478 e. The van der Waals surface area contributed by atoms with Crippen molar-refractivity contribution in [3.63, 3.8) is 0 Å². The van der Waals surface area contributed by atoms with Gasteiger partial charge in [0.1, 0.15) is 0 Å². The van der Waals surface area contributed by atoms with Gasteiger partial charge in [-0.05, 0) is 79.7 Å². The van der Waals surface area contributed by atoms with Crippen molar-refractivity contribution in [2.24, 2.45) is 0 Å². The summed E-state index contributed by atoms with van der Waals surface area (Å²) in [6.45, 7) is 5.84. The van der Waals surface area contributed by atoms with Crippen LogP contribution in [-0.4, -0.2) is 28.1 Å². The van der Waals surface area contributed by atoms with Gasteiger partial charge in [0.05, 0.1) is 10.8 Å². The molecular formula is C29H26N2O4S. The fraction of sp³-hybridized carbons (Fsp3) is 0.138. The summed E-state index contributed by atoms with van der Waals surface area (Å²) in [5.74, 6) is -1.56. The predicted molar refractivity (Wildman–Crippen MR) is 145 cm³/mol. The number of carbonyl (C=O) groups excluding carboxylic acids is 2. The molecule has 7 heteroatoms. The van der Waals surface area contributed by atoms with Crippen LogP contribution in [0.5, 0.6) is 0 Å². The summed E-state index contributed by atoms with van der Waals surface area (Å²) in [4.78, 5) is 38.3. The number of aromatic carboxylic acids is 1. The van der Waals surface area contributed by atoms with E-state index in [4.69, 9.17) is 0 Å². The standard InChI is InChI=1S/C29H26N2O4S/c1-17-7-4-12-25(18(17)2)31-27(32)19(3)36-22-15-13-21(14-16-22)30-28(33)23-10-5-8-20-9-6-11-24(26(20)23)29(34)35/h4-16,19H,1-3H3,(H,30,33)(H,31,32)(H,34,35). The van der Waals surface area contributed by atoms with Gasteiger partial charge in [-0.3, -0.25) is 9.59 Å². The van der Waals surface area contributed by atoms with Gasteiger partial charge in [0.25, 0.3) is 5.91 Å². The Morgan fingerprint density at radius 3 is 2.11 bits per heavy atom. The molecule has 0 saturated carbocycles. The minimum absolute atomic E-state index is 0.0816. The number of anilines is 2. The number of carboxylic acids is 1. The Bertz CT molecular complexity index is 1460. The van der Waals surface area contributed by atoms with E-state index in [9.17, 15) is 19.5 Å². The maximum absolute atomic E-state index is 13.0. The molecule has 0 fully saturated rings. The van der Waals surface area contributed by atoms with Gasteiger partial charge in [0.2, 0.25) is 5.91 Å². The van der Waals surface area contributed by atoms with E-state index in [2.05, 4.69) is 10.6 Å². The highest BCUT2D eigenvalue weighted by Crippen LogP contribution is 2.28. The predicted octanol–water partition coefficient (Wildman–Crippen LogP) is 6.53. The van der Waals surface area contributed by atoms with Gasteiger partial charge in [-0.25, -0.2) is 4.79 Å². The second-order valence-corrected chi connectivity index (χ2v) is 9.90.